The van der Waals surface area contributed by atoms with Crippen LogP contribution in [0.2, 0.25) is 0 Å². The van der Waals surface area contributed by atoms with Crippen LogP contribution in [0.5, 0.6) is 5.75 Å². The molecule has 108 valence electrons. The fraction of sp³-hybridized carbons (Fsp3) is 0.200. The van der Waals surface area contributed by atoms with Crippen LogP contribution in [0, 0.1) is 6.92 Å². The van der Waals surface area contributed by atoms with Gasteiger partial charge >= 0.3 is 0 Å². The number of hydrogen-bond donors (Lipinski definition) is 1. The van der Waals surface area contributed by atoms with Crippen molar-refractivity contribution >= 4 is 17.2 Å². The Morgan fingerprint density at radius 3 is 2.67 bits per heavy atom. The van der Waals surface area contributed by atoms with E-state index >= 15 is 0 Å². The van der Waals surface area contributed by atoms with Gasteiger partial charge in [-0.05, 0) is 31.5 Å². The predicted molar refractivity (Wildman–Crippen MR) is 83.4 cm³/mol. The van der Waals surface area contributed by atoms with Crippen molar-refractivity contribution in [3.8, 4) is 28.3 Å². The molecule has 0 aliphatic rings. The van der Waals surface area contributed by atoms with Crippen LogP contribution in [0.4, 0.5) is 5.82 Å². The second-order valence-electron chi connectivity index (χ2n) is 4.48. The van der Waals surface area contributed by atoms with E-state index in [-0.39, 0.29) is 0 Å². The third kappa shape index (κ3) is 2.62. The lowest BCUT2D eigenvalue weighted by Crippen LogP contribution is -1.92. The number of anilines is 1. The van der Waals surface area contributed by atoms with E-state index in [1.165, 1.54) is 0 Å². The van der Waals surface area contributed by atoms with E-state index in [4.69, 9.17) is 15.0 Å². The van der Waals surface area contributed by atoms with Gasteiger partial charge in [0.25, 0.3) is 0 Å². The second kappa shape index (κ2) is 5.57. The first-order valence-corrected chi connectivity index (χ1v) is 7.48. The molecule has 0 bridgehead atoms. The van der Waals surface area contributed by atoms with Crippen LogP contribution < -0.4 is 10.5 Å². The molecule has 0 atom stereocenters. The molecular weight excluding hydrogens is 286 g/mol. The summed E-state index contributed by atoms with van der Waals surface area (Å²) in [6, 6.07) is 7.69. The topological polar surface area (TPSA) is 74.2 Å². The minimum absolute atomic E-state index is 0.361. The Bertz CT molecular complexity index is 747. The Morgan fingerprint density at radius 2 is 2.05 bits per heavy atom. The molecule has 0 saturated heterocycles. The van der Waals surface area contributed by atoms with Crippen molar-refractivity contribution in [1.82, 2.24) is 10.1 Å². The second-order valence-corrected chi connectivity index (χ2v) is 5.54. The zero-order valence-corrected chi connectivity index (χ0v) is 12.6. The molecule has 5 nitrogen and oxygen atoms in total. The molecule has 2 N–H and O–H groups in total. The molecule has 0 aliphatic heterocycles. The lowest BCUT2D eigenvalue weighted by atomic mass is 10.0. The number of benzene rings is 1. The van der Waals surface area contributed by atoms with Gasteiger partial charge in [-0.25, -0.2) is 4.98 Å². The minimum atomic E-state index is 0.361. The van der Waals surface area contributed by atoms with Crippen LogP contribution in [0.3, 0.4) is 0 Å². The third-order valence-corrected chi connectivity index (χ3v) is 3.80. The largest absolute Gasteiger partial charge is 0.494 e. The van der Waals surface area contributed by atoms with E-state index < -0.39 is 0 Å². The summed E-state index contributed by atoms with van der Waals surface area (Å²) in [5.74, 6) is 1.78. The van der Waals surface area contributed by atoms with E-state index in [1.54, 1.807) is 11.3 Å². The molecule has 0 fully saturated rings. The summed E-state index contributed by atoms with van der Waals surface area (Å²) in [5, 5.41) is 6.78. The minimum Gasteiger partial charge on any atom is -0.494 e. The fourth-order valence-electron chi connectivity index (χ4n) is 2.11. The molecule has 3 rings (SSSR count). The van der Waals surface area contributed by atoms with Gasteiger partial charge in [-0.3, -0.25) is 0 Å². The van der Waals surface area contributed by atoms with Gasteiger partial charge < -0.3 is 15.0 Å². The monoisotopic (exact) mass is 301 g/mol. The van der Waals surface area contributed by atoms with Crippen molar-refractivity contribution in [2.24, 2.45) is 0 Å². The Labute approximate surface area is 126 Å². The van der Waals surface area contributed by atoms with Crippen molar-refractivity contribution in [3.63, 3.8) is 0 Å². The van der Waals surface area contributed by atoms with Gasteiger partial charge in [0.1, 0.15) is 11.4 Å². The summed E-state index contributed by atoms with van der Waals surface area (Å²) in [4.78, 5) is 4.43. The number of nitrogens with two attached hydrogens (primary N) is 1. The molecule has 0 radical (unpaired) electrons. The summed E-state index contributed by atoms with van der Waals surface area (Å²) in [5.41, 5.74) is 8.40. The van der Waals surface area contributed by atoms with Crippen molar-refractivity contribution < 1.29 is 9.26 Å². The molecule has 2 aromatic heterocycles. The first-order valence-electron chi connectivity index (χ1n) is 6.60. The number of ether oxygens (including phenoxy) is 1. The summed E-state index contributed by atoms with van der Waals surface area (Å²) in [6.45, 7) is 4.54. The van der Waals surface area contributed by atoms with Gasteiger partial charge in [0.15, 0.2) is 11.6 Å². The average Bonchev–Trinajstić information content (AvgIpc) is 3.06. The molecule has 6 heteroatoms. The highest BCUT2D eigenvalue weighted by atomic mass is 32.1. The van der Waals surface area contributed by atoms with Gasteiger partial charge in [-0.1, -0.05) is 17.3 Å². The number of nitrogens with zero attached hydrogens (tertiary/aromatic N) is 2. The SMILES string of the molecule is CCOc1ccc(-c2c(N)noc2-c2csc(C)n2)cc1. The van der Waals surface area contributed by atoms with Crippen LogP contribution in [0.25, 0.3) is 22.6 Å². The van der Waals surface area contributed by atoms with E-state index in [2.05, 4.69) is 10.1 Å². The molecule has 0 saturated carbocycles. The number of aromatic nitrogens is 2. The number of hydrogen-bond acceptors (Lipinski definition) is 6. The van der Waals surface area contributed by atoms with E-state index in [0.29, 0.717) is 18.2 Å². The average molecular weight is 301 g/mol. The molecule has 2 heterocycles. The molecule has 1 aromatic carbocycles. The molecule has 3 aromatic rings. The molecule has 0 spiro atoms. The Morgan fingerprint density at radius 1 is 1.29 bits per heavy atom. The highest BCUT2D eigenvalue weighted by Gasteiger charge is 2.19. The molecule has 0 unspecified atom stereocenters. The smallest absolute Gasteiger partial charge is 0.196 e. The van der Waals surface area contributed by atoms with Crippen molar-refractivity contribution in [2.45, 2.75) is 13.8 Å². The highest BCUT2D eigenvalue weighted by molar-refractivity contribution is 7.09. The summed E-state index contributed by atoms with van der Waals surface area (Å²) in [7, 11) is 0. The van der Waals surface area contributed by atoms with Crippen LogP contribution in [-0.4, -0.2) is 16.7 Å². The van der Waals surface area contributed by atoms with Crippen LogP contribution in [-0.2, 0) is 0 Å². The quantitative estimate of drug-likeness (QED) is 0.794. The van der Waals surface area contributed by atoms with Gasteiger partial charge in [-0.2, -0.15) is 0 Å². The first kappa shape index (κ1) is 13.6. The lowest BCUT2D eigenvalue weighted by Gasteiger charge is -2.05. The molecule has 0 aliphatic carbocycles. The standard InChI is InChI=1S/C15H15N3O2S/c1-3-19-11-6-4-10(5-7-11)13-14(20-18-15(13)16)12-8-21-9(2)17-12/h4-8H,3H2,1-2H3,(H2,16,18). The number of aryl methyl sites for hydroxylation is 1. The summed E-state index contributed by atoms with van der Waals surface area (Å²) < 4.78 is 10.8. The van der Waals surface area contributed by atoms with Crippen LogP contribution in [0.15, 0.2) is 34.2 Å². The number of nitrogen functional groups attached to an aromatic ring is 1. The van der Waals surface area contributed by atoms with E-state index in [9.17, 15) is 0 Å². The molecule has 21 heavy (non-hydrogen) atoms. The molecule has 0 amide bonds. The Hall–Kier alpha value is -2.34. The van der Waals surface area contributed by atoms with Crippen molar-refractivity contribution in [1.29, 1.82) is 0 Å². The maximum absolute atomic E-state index is 5.95. The van der Waals surface area contributed by atoms with Gasteiger partial charge in [0.05, 0.1) is 17.2 Å². The first-order chi connectivity index (χ1) is 10.2. The van der Waals surface area contributed by atoms with Gasteiger partial charge in [-0.15, -0.1) is 11.3 Å². The van der Waals surface area contributed by atoms with E-state index in [1.807, 2.05) is 43.5 Å². The fourth-order valence-corrected chi connectivity index (χ4v) is 2.70. The Balaban J connectivity index is 2.04. The van der Waals surface area contributed by atoms with Gasteiger partial charge in [0.2, 0.25) is 0 Å². The normalized spacial score (nSPS) is 10.8. The van der Waals surface area contributed by atoms with Crippen molar-refractivity contribution in [3.05, 3.63) is 34.7 Å². The number of rotatable bonds is 4. The zero-order chi connectivity index (χ0) is 14.8. The summed E-state index contributed by atoms with van der Waals surface area (Å²) in [6.07, 6.45) is 0. The van der Waals surface area contributed by atoms with Gasteiger partial charge in [0, 0.05) is 5.38 Å². The van der Waals surface area contributed by atoms with Crippen molar-refractivity contribution in [2.75, 3.05) is 12.3 Å². The lowest BCUT2D eigenvalue weighted by molar-refractivity contribution is 0.340. The molecular formula is C15H15N3O2S. The summed E-state index contributed by atoms with van der Waals surface area (Å²) >= 11 is 1.56. The Kier molecular flexibility index (Phi) is 3.62. The maximum Gasteiger partial charge on any atom is 0.196 e. The van der Waals surface area contributed by atoms with E-state index in [0.717, 1.165) is 27.6 Å². The third-order valence-electron chi connectivity index (χ3n) is 3.02. The predicted octanol–water partition coefficient (Wildman–Crippen LogP) is 3.75. The van der Waals surface area contributed by atoms with Crippen LogP contribution in [0.1, 0.15) is 11.9 Å². The number of thiazole rings is 1. The maximum atomic E-state index is 5.95. The highest BCUT2D eigenvalue weighted by Crippen LogP contribution is 2.37. The zero-order valence-electron chi connectivity index (χ0n) is 11.8. The van der Waals surface area contributed by atoms with Crippen LogP contribution >= 0.6 is 11.3 Å².